The summed E-state index contributed by atoms with van der Waals surface area (Å²) >= 11 is 1.56. The van der Waals surface area contributed by atoms with E-state index in [1.807, 2.05) is 6.26 Å². The second-order valence-electron chi connectivity index (χ2n) is 4.80. The zero-order valence-corrected chi connectivity index (χ0v) is 12.8. The zero-order chi connectivity index (χ0) is 14.8. The van der Waals surface area contributed by atoms with E-state index in [1.165, 1.54) is 12.1 Å². The van der Waals surface area contributed by atoms with Gasteiger partial charge in [-0.1, -0.05) is 12.1 Å². The number of hydrogen-bond donors (Lipinski definition) is 2. The molecule has 20 heavy (non-hydrogen) atoms. The Morgan fingerprint density at radius 3 is 2.40 bits per heavy atom. The highest BCUT2D eigenvalue weighted by Gasteiger charge is 2.51. The quantitative estimate of drug-likeness (QED) is 0.744. The molecule has 0 aliphatic heterocycles. The average molecular weight is 315 g/mol. The van der Waals surface area contributed by atoms with Crippen LogP contribution < -0.4 is 4.72 Å². The monoisotopic (exact) mass is 315 g/mol. The van der Waals surface area contributed by atoms with Crippen LogP contribution in [0.1, 0.15) is 18.4 Å². The lowest BCUT2D eigenvalue weighted by Crippen LogP contribution is -2.26. The molecule has 0 unspecified atom stereocenters. The van der Waals surface area contributed by atoms with Gasteiger partial charge < -0.3 is 5.11 Å². The predicted molar refractivity (Wildman–Crippen MR) is 78.6 cm³/mol. The average Bonchev–Trinajstić information content (AvgIpc) is 3.20. The third-order valence-electron chi connectivity index (χ3n) is 3.47. The van der Waals surface area contributed by atoms with E-state index in [4.69, 9.17) is 0 Å². The molecular formula is C13H17NO4S2. The Balaban J connectivity index is 2.14. The maximum Gasteiger partial charge on any atom is 0.314 e. The van der Waals surface area contributed by atoms with Crippen LogP contribution in [0.25, 0.3) is 0 Å². The van der Waals surface area contributed by atoms with Gasteiger partial charge in [0.25, 0.3) is 0 Å². The van der Waals surface area contributed by atoms with E-state index < -0.39 is 21.4 Å². The summed E-state index contributed by atoms with van der Waals surface area (Å²) in [6, 6.07) is 6.15. The second-order valence-corrected chi connectivity index (χ2v) is 7.55. The molecule has 0 radical (unpaired) electrons. The fourth-order valence-corrected chi connectivity index (χ4v) is 3.53. The minimum Gasteiger partial charge on any atom is -0.481 e. The van der Waals surface area contributed by atoms with Crippen molar-refractivity contribution in [3.05, 3.63) is 29.8 Å². The largest absolute Gasteiger partial charge is 0.481 e. The van der Waals surface area contributed by atoms with Crippen LogP contribution in [0.4, 0.5) is 0 Å². The molecule has 1 aromatic rings. The molecule has 2 rings (SSSR count). The van der Waals surface area contributed by atoms with Gasteiger partial charge in [0, 0.05) is 12.3 Å². The molecule has 7 heteroatoms. The smallest absolute Gasteiger partial charge is 0.314 e. The Morgan fingerprint density at radius 1 is 1.35 bits per heavy atom. The van der Waals surface area contributed by atoms with Crippen molar-refractivity contribution in [2.24, 2.45) is 0 Å². The number of thioether (sulfide) groups is 1. The number of benzene rings is 1. The van der Waals surface area contributed by atoms with Crippen LogP contribution in [-0.2, 0) is 20.2 Å². The van der Waals surface area contributed by atoms with Gasteiger partial charge in [-0.25, -0.2) is 13.1 Å². The lowest BCUT2D eigenvalue weighted by atomic mass is 9.96. The molecule has 1 fully saturated rings. The van der Waals surface area contributed by atoms with Crippen molar-refractivity contribution in [2.45, 2.75) is 23.2 Å². The Bertz CT molecular complexity index is 591. The topological polar surface area (TPSA) is 83.5 Å². The molecule has 2 N–H and O–H groups in total. The molecule has 1 aliphatic carbocycles. The van der Waals surface area contributed by atoms with Crippen molar-refractivity contribution < 1.29 is 18.3 Å². The number of hydrogen-bond acceptors (Lipinski definition) is 4. The van der Waals surface area contributed by atoms with E-state index in [9.17, 15) is 18.3 Å². The molecule has 0 atom stereocenters. The van der Waals surface area contributed by atoms with E-state index >= 15 is 0 Å². The highest BCUT2D eigenvalue weighted by Crippen LogP contribution is 2.48. The van der Waals surface area contributed by atoms with Gasteiger partial charge in [0.1, 0.15) is 0 Å². The van der Waals surface area contributed by atoms with Crippen LogP contribution >= 0.6 is 11.8 Å². The van der Waals surface area contributed by atoms with Gasteiger partial charge in [-0.3, -0.25) is 4.79 Å². The first-order valence-corrected chi connectivity index (χ1v) is 9.13. The molecule has 0 aromatic heterocycles. The first kappa shape index (κ1) is 15.3. The van der Waals surface area contributed by atoms with Crippen LogP contribution in [-0.4, -0.2) is 38.0 Å². The number of carboxylic acids is 1. The maximum atomic E-state index is 12.0. The lowest BCUT2D eigenvalue weighted by Gasteiger charge is -2.11. The Labute approximate surface area is 122 Å². The molecule has 0 saturated heterocycles. The normalized spacial score (nSPS) is 16.9. The number of rotatable bonds is 7. The highest BCUT2D eigenvalue weighted by atomic mass is 32.2. The van der Waals surface area contributed by atoms with Crippen molar-refractivity contribution in [3.63, 3.8) is 0 Å². The summed E-state index contributed by atoms with van der Waals surface area (Å²) in [6.07, 6.45) is 3.13. The molecule has 5 nitrogen and oxygen atoms in total. The van der Waals surface area contributed by atoms with Crippen LogP contribution in [0.3, 0.4) is 0 Å². The number of carbonyl (C=O) groups is 1. The Kier molecular flexibility index (Phi) is 4.41. The summed E-state index contributed by atoms with van der Waals surface area (Å²) in [5.41, 5.74) is -0.123. The molecule has 0 bridgehead atoms. The fraction of sp³-hybridized carbons (Fsp3) is 0.462. The first-order chi connectivity index (χ1) is 9.42. The van der Waals surface area contributed by atoms with E-state index in [0.717, 1.165) is 0 Å². The van der Waals surface area contributed by atoms with Crippen molar-refractivity contribution in [1.82, 2.24) is 4.72 Å². The summed E-state index contributed by atoms with van der Waals surface area (Å²) < 4.78 is 26.5. The summed E-state index contributed by atoms with van der Waals surface area (Å²) in [5.74, 6) is -0.134. The van der Waals surface area contributed by atoms with Crippen LogP contribution in [0, 0.1) is 0 Å². The molecule has 110 valence electrons. The maximum absolute atomic E-state index is 12.0. The van der Waals surface area contributed by atoms with Gasteiger partial charge in [-0.2, -0.15) is 11.8 Å². The van der Waals surface area contributed by atoms with Gasteiger partial charge in [-0.15, -0.1) is 0 Å². The van der Waals surface area contributed by atoms with Gasteiger partial charge in [0.15, 0.2) is 0 Å². The van der Waals surface area contributed by atoms with Crippen molar-refractivity contribution in [1.29, 1.82) is 0 Å². The summed E-state index contributed by atoms with van der Waals surface area (Å²) in [7, 11) is -3.51. The standard InChI is InChI=1S/C13H17NO4S2/c1-19-9-8-14-20(17,18)11-4-2-10(3-5-11)13(6-7-13)12(15)16/h2-5,14H,6-9H2,1H3,(H,15,16). The number of carboxylic acid groups (broad SMARTS) is 1. The van der Waals surface area contributed by atoms with Crippen LogP contribution in [0.5, 0.6) is 0 Å². The molecular weight excluding hydrogens is 298 g/mol. The molecule has 1 aliphatic rings. The molecule has 0 amide bonds. The third-order valence-corrected chi connectivity index (χ3v) is 5.56. The van der Waals surface area contributed by atoms with Crippen molar-refractivity contribution in [3.8, 4) is 0 Å². The molecule has 0 heterocycles. The molecule has 1 saturated carbocycles. The minimum absolute atomic E-state index is 0.170. The Hall–Kier alpha value is -1.05. The molecule has 1 aromatic carbocycles. The summed E-state index contributed by atoms with van der Waals surface area (Å²) in [6.45, 7) is 0.379. The number of sulfonamides is 1. The van der Waals surface area contributed by atoms with E-state index in [0.29, 0.717) is 30.7 Å². The highest BCUT2D eigenvalue weighted by molar-refractivity contribution is 7.98. The van der Waals surface area contributed by atoms with E-state index in [1.54, 1.807) is 23.9 Å². The lowest BCUT2D eigenvalue weighted by molar-refractivity contribution is -0.140. The van der Waals surface area contributed by atoms with E-state index in [-0.39, 0.29) is 4.90 Å². The first-order valence-electron chi connectivity index (χ1n) is 6.25. The predicted octanol–water partition coefficient (Wildman–Crippen LogP) is 1.44. The zero-order valence-electron chi connectivity index (χ0n) is 11.1. The Morgan fingerprint density at radius 2 is 1.95 bits per heavy atom. The second kappa shape index (κ2) is 5.75. The van der Waals surface area contributed by atoms with Gasteiger partial charge in [0.2, 0.25) is 10.0 Å². The van der Waals surface area contributed by atoms with E-state index in [2.05, 4.69) is 4.72 Å². The SMILES string of the molecule is CSCCNS(=O)(=O)c1ccc(C2(C(=O)O)CC2)cc1. The van der Waals surface area contributed by atoms with Crippen LogP contribution in [0.15, 0.2) is 29.2 Å². The fourth-order valence-electron chi connectivity index (χ4n) is 2.07. The minimum atomic E-state index is -3.51. The number of aliphatic carboxylic acids is 1. The summed E-state index contributed by atoms with van der Waals surface area (Å²) in [4.78, 5) is 11.4. The van der Waals surface area contributed by atoms with Gasteiger partial charge >= 0.3 is 5.97 Å². The summed E-state index contributed by atoms with van der Waals surface area (Å²) in [5, 5.41) is 9.20. The third kappa shape index (κ3) is 2.99. The van der Waals surface area contributed by atoms with Crippen LogP contribution in [0.2, 0.25) is 0 Å². The van der Waals surface area contributed by atoms with Gasteiger partial charge in [-0.05, 0) is 36.8 Å². The van der Waals surface area contributed by atoms with Crippen molar-refractivity contribution in [2.75, 3.05) is 18.6 Å². The van der Waals surface area contributed by atoms with Gasteiger partial charge in [0.05, 0.1) is 10.3 Å². The van der Waals surface area contributed by atoms with Crippen molar-refractivity contribution >= 4 is 27.8 Å². The number of nitrogens with one attached hydrogen (secondary N) is 1. The molecule has 0 spiro atoms.